The van der Waals surface area contributed by atoms with Crippen molar-refractivity contribution in [3.63, 3.8) is 0 Å². The van der Waals surface area contributed by atoms with Crippen LogP contribution < -0.4 is 0 Å². The van der Waals surface area contributed by atoms with Gasteiger partial charge in [-0.25, -0.2) is 15.0 Å². The van der Waals surface area contributed by atoms with E-state index in [1.54, 1.807) is 24.3 Å². The average molecular weight is 583 g/mol. The Balaban J connectivity index is 1.22. The molecule has 0 spiro atoms. The van der Waals surface area contributed by atoms with Crippen molar-refractivity contribution in [2.24, 2.45) is 0 Å². The van der Waals surface area contributed by atoms with Gasteiger partial charge in [0.15, 0.2) is 17.5 Å². The topological polar surface area (TPSA) is 51.8 Å². The highest BCUT2D eigenvalue weighted by Crippen LogP contribution is 2.37. The van der Waals surface area contributed by atoms with Crippen molar-refractivity contribution in [1.82, 2.24) is 15.0 Å². The molecule has 7 aromatic carbocycles. The summed E-state index contributed by atoms with van der Waals surface area (Å²) in [6.45, 7) is 0. The van der Waals surface area contributed by atoms with E-state index >= 15 is 0 Å². The summed E-state index contributed by atoms with van der Waals surface area (Å²) in [5.74, 6) is 1.36. The van der Waals surface area contributed by atoms with Gasteiger partial charge >= 0.3 is 0 Å². The molecule has 0 saturated heterocycles. The lowest BCUT2D eigenvalue weighted by Gasteiger charge is -2.11. The van der Waals surface area contributed by atoms with Crippen molar-refractivity contribution in [3.8, 4) is 45.3 Å². The summed E-state index contributed by atoms with van der Waals surface area (Å²) in [6.07, 6.45) is 0. The number of fused-ring (bicyclic) bond motifs is 6. The zero-order valence-corrected chi connectivity index (χ0v) is 23.6. The van der Waals surface area contributed by atoms with Crippen LogP contribution in [0.4, 0.5) is 0 Å². The standard InChI is InChI=1S/C41H25N3O/c1-2-10-29(11-3-1)39-42-40(30-20-17-27(18-21-30)33-15-8-12-26-9-4-5-13-32(26)33)44-41(43-39)31-22-19-28-23-24-37-38(35(28)25-31)34-14-6-7-16-36(34)45-37/h1-25H/i4D,5D,8D,9D,12D,13D,15D. The summed E-state index contributed by atoms with van der Waals surface area (Å²) in [6, 6.07) is 31.9. The second-order valence-electron chi connectivity index (χ2n) is 10.7. The molecule has 2 heterocycles. The van der Waals surface area contributed by atoms with Crippen molar-refractivity contribution < 1.29 is 14.0 Å². The van der Waals surface area contributed by atoms with Crippen molar-refractivity contribution in [2.75, 3.05) is 0 Å². The summed E-state index contributed by atoms with van der Waals surface area (Å²) in [5.41, 5.74) is 4.47. The van der Waals surface area contributed by atoms with Crippen LogP contribution in [0.15, 0.2) is 156 Å². The molecule has 0 aliphatic carbocycles. The van der Waals surface area contributed by atoms with E-state index in [2.05, 4.69) is 12.1 Å². The normalized spacial score (nSPS) is 13.7. The van der Waals surface area contributed by atoms with Crippen LogP contribution in [0.1, 0.15) is 9.60 Å². The van der Waals surface area contributed by atoms with Crippen LogP contribution in [-0.4, -0.2) is 15.0 Å². The maximum atomic E-state index is 8.75. The van der Waals surface area contributed by atoms with Gasteiger partial charge in [-0.15, -0.1) is 0 Å². The number of hydrogen-bond acceptors (Lipinski definition) is 4. The Morgan fingerprint density at radius 2 is 1.09 bits per heavy atom. The molecule has 4 heteroatoms. The van der Waals surface area contributed by atoms with E-state index in [4.69, 9.17) is 29.0 Å². The molecule has 210 valence electrons. The number of hydrogen-bond donors (Lipinski definition) is 0. The van der Waals surface area contributed by atoms with Crippen LogP contribution in [0.2, 0.25) is 0 Å². The van der Waals surface area contributed by atoms with E-state index in [0.29, 0.717) is 28.6 Å². The lowest BCUT2D eigenvalue weighted by Crippen LogP contribution is -2.00. The number of benzene rings is 7. The van der Waals surface area contributed by atoms with Gasteiger partial charge in [-0.05, 0) is 50.9 Å². The third-order valence-corrected chi connectivity index (χ3v) is 8.03. The number of furan rings is 1. The molecule has 0 atom stereocenters. The van der Waals surface area contributed by atoms with Gasteiger partial charge < -0.3 is 4.42 Å². The van der Waals surface area contributed by atoms with Gasteiger partial charge in [-0.3, -0.25) is 0 Å². The molecule has 0 aliphatic rings. The fraction of sp³-hybridized carbons (Fsp3) is 0. The zero-order valence-electron chi connectivity index (χ0n) is 30.6. The molecular formula is C41H25N3O. The molecular weight excluding hydrogens is 550 g/mol. The van der Waals surface area contributed by atoms with E-state index < -0.39 is 30.2 Å². The Bertz CT molecular complexity index is 2920. The number of para-hydroxylation sites is 1. The number of rotatable bonds is 4. The molecule has 0 fully saturated rings. The predicted octanol–water partition coefficient (Wildman–Crippen LogP) is 10.7. The minimum atomic E-state index is -0.488. The Hall–Kier alpha value is -6.13. The molecule has 0 saturated carbocycles. The molecule has 0 N–H and O–H groups in total. The molecule has 45 heavy (non-hydrogen) atoms. The molecule has 0 unspecified atom stereocenters. The Kier molecular flexibility index (Phi) is 4.38. The number of aromatic nitrogens is 3. The van der Waals surface area contributed by atoms with Crippen LogP contribution in [0, 0.1) is 0 Å². The van der Waals surface area contributed by atoms with E-state index in [1.807, 2.05) is 72.8 Å². The second kappa shape index (κ2) is 10.2. The quantitative estimate of drug-likeness (QED) is 0.207. The highest BCUT2D eigenvalue weighted by atomic mass is 16.3. The SMILES string of the molecule is [2H]c1c([2H])c([2H])c2c(-c3ccc(-c4nc(-c5ccccc5)nc(-c5ccc6ccc7oc8ccccc8c7c6c5)n4)cc3)c([2H])c([2H])c([2H])c2c1[2H]. The van der Waals surface area contributed by atoms with E-state index in [1.165, 1.54) is 0 Å². The Morgan fingerprint density at radius 3 is 1.93 bits per heavy atom. The summed E-state index contributed by atoms with van der Waals surface area (Å²) in [4.78, 5) is 14.7. The van der Waals surface area contributed by atoms with Gasteiger partial charge in [-0.1, -0.05) is 133 Å². The van der Waals surface area contributed by atoms with Gasteiger partial charge in [0.25, 0.3) is 0 Å². The van der Waals surface area contributed by atoms with Crippen molar-refractivity contribution in [2.45, 2.75) is 0 Å². The van der Waals surface area contributed by atoms with Gasteiger partial charge in [0.05, 0.1) is 9.60 Å². The van der Waals surface area contributed by atoms with Crippen molar-refractivity contribution >= 4 is 43.5 Å². The highest BCUT2D eigenvalue weighted by Gasteiger charge is 2.15. The summed E-state index contributed by atoms with van der Waals surface area (Å²) >= 11 is 0. The van der Waals surface area contributed by atoms with Gasteiger partial charge in [0.2, 0.25) is 0 Å². The smallest absolute Gasteiger partial charge is 0.164 e. The maximum Gasteiger partial charge on any atom is 0.164 e. The lowest BCUT2D eigenvalue weighted by molar-refractivity contribution is 0.669. The molecule has 2 aromatic heterocycles. The van der Waals surface area contributed by atoms with Crippen molar-refractivity contribution in [3.05, 3.63) is 151 Å². The molecule has 9 rings (SSSR count). The largest absolute Gasteiger partial charge is 0.456 e. The fourth-order valence-corrected chi connectivity index (χ4v) is 5.85. The van der Waals surface area contributed by atoms with E-state index in [0.717, 1.165) is 43.8 Å². The highest BCUT2D eigenvalue weighted by molar-refractivity contribution is 6.19. The number of nitrogens with zero attached hydrogens (tertiary/aromatic N) is 3. The molecule has 0 aliphatic heterocycles. The predicted molar refractivity (Wildman–Crippen MR) is 184 cm³/mol. The monoisotopic (exact) mass is 582 g/mol. The first-order valence-electron chi connectivity index (χ1n) is 18.0. The summed E-state index contributed by atoms with van der Waals surface area (Å²) < 4.78 is 65.3. The Labute approximate surface area is 269 Å². The maximum absolute atomic E-state index is 8.75. The van der Waals surface area contributed by atoms with E-state index in [9.17, 15) is 0 Å². The summed E-state index contributed by atoms with van der Waals surface area (Å²) in [5, 5.41) is 4.05. The molecule has 0 bridgehead atoms. The first-order chi connectivity index (χ1) is 25.2. The second-order valence-corrected chi connectivity index (χ2v) is 10.7. The van der Waals surface area contributed by atoms with Gasteiger partial charge in [0.1, 0.15) is 11.2 Å². The first kappa shape index (κ1) is 19.2. The van der Waals surface area contributed by atoms with Crippen LogP contribution in [-0.2, 0) is 0 Å². The van der Waals surface area contributed by atoms with Crippen LogP contribution in [0.5, 0.6) is 0 Å². The third-order valence-electron chi connectivity index (χ3n) is 8.03. The zero-order chi connectivity index (χ0) is 35.8. The average Bonchev–Trinajstić information content (AvgIpc) is 3.58. The van der Waals surface area contributed by atoms with Gasteiger partial charge in [0, 0.05) is 27.5 Å². The Morgan fingerprint density at radius 1 is 0.444 bits per heavy atom. The molecule has 4 nitrogen and oxygen atoms in total. The minimum Gasteiger partial charge on any atom is -0.456 e. The molecule has 9 aromatic rings. The molecule has 0 amide bonds. The molecule has 0 radical (unpaired) electrons. The minimum absolute atomic E-state index is 0.0365. The van der Waals surface area contributed by atoms with Crippen LogP contribution in [0.3, 0.4) is 0 Å². The first-order valence-corrected chi connectivity index (χ1v) is 14.5. The summed E-state index contributed by atoms with van der Waals surface area (Å²) in [7, 11) is 0. The fourth-order valence-electron chi connectivity index (χ4n) is 5.85. The lowest BCUT2D eigenvalue weighted by atomic mass is 9.97. The van der Waals surface area contributed by atoms with Crippen LogP contribution in [0.25, 0.3) is 88.8 Å². The van der Waals surface area contributed by atoms with E-state index in [-0.39, 0.29) is 28.4 Å². The van der Waals surface area contributed by atoms with Crippen molar-refractivity contribution in [1.29, 1.82) is 0 Å². The third kappa shape index (κ3) is 4.35. The van der Waals surface area contributed by atoms with Crippen LogP contribution >= 0.6 is 0 Å². The van der Waals surface area contributed by atoms with Gasteiger partial charge in [-0.2, -0.15) is 0 Å².